The van der Waals surface area contributed by atoms with Gasteiger partial charge in [-0.05, 0) is 37.5 Å². The van der Waals surface area contributed by atoms with Crippen LogP contribution in [0.2, 0.25) is 0 Å². The van der Waals surface area contributed by atoms with Crippen molar-refractivity contribution in [2.45, 2.75) is 84.0 Å². The average molecular weight is 515 g/mol. The van der Waals surface area contributed by atoms with Crippen molar-refractivity contribution in [3.05, 3.63) is 0 Å². The van der Waals surface area contributed by atoms with Crippen molar-refractivity contribution in [3.63, 3.8) is 0 Å². The smallest absolute Gasteiger partial charge is 0.326 e. The van der Waals surface area contributed by atoms with Crippen molar-refractivity contribution in [1.29, 1.82) is 0 Å². The molecule has 0 fully saturated rings. The Kier molecular flexibility index (Phi) is 14.7. The lowest BCUT2D eigenvalue weighted by molar-refractivity contribution is -0.143. The molecule has 0 saturated heterocycles. The molecular formula is C22H42N8O6. The Hall–Kier alpha value is -3.42. The number of guanidine groups is 1. The molecule has 0 aliphatic heterocycles. The first-order valence-electron chi connectivity index (χ1n) is 11.9. The zero-order valence-corrected chi connectivity index (χ0v) is 21.5. The second kappa shape index (κ2) is 16.3. The summed E-state index contributed by atoms with van der Waals surface area (Å²) in [6.07, 6.45) is 0.505. The van der Waals surface area contributed by atoms with Gasteiger partial charge in [-0.25, -0.2) is 4.79 Å². The largest absolute Gasteiger partial charge is 0.480 e. The van der Waals surface area contributed by atoms with Gasteiger partial charge in [-0.15, -0.1) is 0 Å². The second-order valence-corrected chi connectivity index (χ2v) is 9.51. The van der Waals surface area contributed by atoms with Gasteiger partial charge < -0.3 is 44.0 Å². The third-order valence-corrected chi connectivity index (χ3v) is 5.00. The van der Waals surface area contributed by atoms with Crippen LogP contribution >= 0.6 is 0 Å². The molecule has 14 heteroatoms. The van der Waals surface area contributed by atoms with E-state index in [4.69, 9.17) is 22.9 Å². The molecular weight excluding hydrogens is 472 g/mol. The predicted octanol–water partition coefficient (Wildman–Crippen LogP) is -2.13. The van der Waals surface area contributed by atoms with E-state index < -0.39 is 60.2 Å². The summed E-state index contributed by atoms with van der Waals surface area (Å²) in [5.74, 6) is -4.45. The molecule has 0 saturated carbocycles. The molecule has 0 aromatic heterocycles. The van der Waals surface area contributed by atoms with Crippen LogP contribution in [0.5, 0.6) is 0 Å². The lowest BCUT2D eigenvalue weighted by Crippen LogP contribution is -2.58. The van der Waals surface area contributed by atoms with Crippen molar-refractivity contribution >= 4 is 35.6 Å². The van der Waals surface area contributed by atoms with Crippen molar-refractivity contribution in [1.82, 2.24) is 16.0 Å². The van der Waals surface area contributed by atoms with Gasteiger partial charge in [0.2, 0.25) is 23.6 Å². The number of carboxylic acid groups (broad SMARTS) is 1. The fourth-order valence-corrected chi connectivity index (χ4v) is 3.28. The molecule has 0 spiro atoms. The third-order valence-electron chi connectivity index (χ3n) is 5.00. The molecule has 0 heterocycles. The maximum absolute atomic E-state index is 13.0. The Morgan fingerprint density at radius 1 is 0.778 bits per heavy atom. The Morgan fingerprint density at radius 2 is 1.25 bits per heavy atom. The summed E-state index contributed by atoms with van der Waals surface area (Å²) in [5, 5.41) is 16.7. The van der Waals surface area contributed by atoms with Gasteiger partial charge >= 0.3 is 5.97 Å². The number of aliphatic carboxylic acids is 1. The molecule has 0 aliphatic rings. The van der Waals surface area contributed by atoms with E-state index in [-0.39, 0.29) is 43.6 Å². The number of amides is 4. The number of aliphatic imine (C=N–C) groups is 1. The van der Waals surface area contributed by atoms with Gasteiger partial charge in [-0.3, -0.25) is 24.2 Å². The van der Waals surface area contributed by atoms with Crippen molar-refractivity contribution in [2.75, 3.05) is 6.54 Å². The molecule has 4 amide bonds. The number of carboxylic acids is 1. The highest BCUT2D eigenvalue weighted by Gasteiger charge is 2.31. The van der Waals surface area contributed by atoms with E-state index in [9.17, 15) is 29.1 Å². The van der Waals surface area contributed by atoms with Crippen molar-refractivity contribution in [2.24, 2.45) is 39.8 Å². The molecule has 0 bridgehead atoms. The maximum atomic E-state index is 13.0. The average Bonchev–Trinajstić information content (AvgIpc) is 2.73. The molecule has 0 aromatic rings. The summed E-state index contributed by atoms with van der Waals surface area (Å²) < 4.78 is 0. The number of carbonyl (C=O) groups is 5. The maximum Gasteiger partial charge on any atom is 0.326 e. The number of rotatable bonds is 17. The first kappa shape index (κ1) is 32.6. The SMILES string of the molecule is CC(C)CC(NC(=O)C(CC(N)=O)NC(=O)C(CC(C)C)NC(=O)C(N)CCCN=C(N)N)C(=O)O. The van der Waals surface area contributed by atoms with Crippen molar-refractivity contribution in [3.8, 4) is 0 Å². The van der Waals surface area contributed by atoms with Gasteiger partial charge in [0, 0.05) is 6.54 Å². The highest BCUT2D eigenvalue weighted by atomic mass is 16.4. The molecule has 36 heavy (non-hydrogen) atoms. The number of carbonyl (C=O) groups excluding carboxylic acids is 4. The van der Waals surface area contributed by atoms with Gasteiger partial charge in [0.1, 0.15) is 18.1 Å². The van der Waals surface area contributed by atoms with E-state index in [1.807, 2.05) is 13.8 Å². The first-order chi connectivity index (χ1) is 16.6. The van der Waals surface area contributed by atoms with Gasteiger partial charge in [0.05, 0.1) is 12.5 Å². The molecule has 0 aromatic carbocycles. The lowest BCUT2D eigenvalue weighted by Gasteiger charge is -2.26. The summed E-state index contributed by atoms with van der Waals surface area (Å²) >= 11 is 0. The quantitative estimate of drug-likeness (QED) is 0.0598. The van der Waals surface area contributed by atoms with Crippen LogP contribution in [0.15, 0.2) is 4.99 Å². The predicted molar refractivity (Wildman–Crippen MR) is 134 cm³/mol. The van der Waals surface area contributed by atoms with E-state index in [1.165, 1.54) is 0 Å². The summed E-state index contributed by atoms with van der Waals surface area (Å²) in [6, 6.07) is -4.63. The molecule has 4 atom stereocenters. The monoisotopic (exact) mass is 514 g/mol. The molecule has 12 N–H and O–H groups in total. The molecule has 14 nitrogen and oxygen atoms in total. The highest BCUT2D eigenvalue weighted by molar-refractivity contribution is 5.96. The molecule has 4 unspecified atom stereocenters. The topological polar surface area (TPSA) is 258 Å². The number of primary amides is 1. The Bertz CT molecular complexity index is 797. The van der Waals surface area contributed by atoms with E-state index in [0.29, 0.717) is 6.42 Å². The fraction of sp³-hybridized carbons (Fsp3) is 0.727. The van der Waals surface area contributed by atoms with Crippen LogP contribution in [-0.2, 0) is 24.0 Å². The second-order valence-electron chi connectivity index (χ2n) is 9.51. The Labute approximate surface area is 211 Å². The Morgan fingerprint density at radius 3 is 1.72 bits per heavy atom. The van der Waals surface area contributed by atoms with Crippen LogP contribution in [-0.4, -0.2) is 71.4 Å². The Balaban J connectivity index is 5.43. The number of nitrogens with one attached hydrogen (secondary N) is 3. The number of hydrogen-bond donors (Lipinski definition) is 8. The summed E-state index contributed by atoms with van der Waals surface area (Å²) in [7, 11) is 0. The molecule has 0 aliphatic carbocycles. The van der Waals surface area contributed by atoms with Crippen LogP contribution in [0.25, 0.3) is 0 Å². The minimum absolute atomic E-state index is 0.0232. The summed E-state index contributed by atoms with van der Waals surface area (Å²) in [6.45, 7) is 7.53. The van der Waals surface area contributed by atoms with Crippen LogP contribution in [0, 0.1) is 11.8 Å². The number of hydrogen-bond acceptors (Lipinski definition) is 7. The van der Waals surface area contributed by atoms with Gasteiger partial charge in [0.25, 0.3) is 0 Å². The minimum Gasteiger partial charge on any atom is -0.480 e. The van der Waals surface area contributed by atoms with Crippen LogP contribution in [0.1, 0.15) is 59.8 Å². The van der Waals surface area contributed by atoms with Crippen LogP contribution in [0.4, 0.5) is 0 Å². The van der Waals surface area contributed by atoms with E-state index in [1.54, 1.807) is 13.8 Å². The van der Waals surface area contributed by atoms with Gasteiger partial charge in [-0.1, -0.05) is 27.7 Å². The molecule has 0 radical (unpaired) electrons. The normalized spacial score (nSPS) is 14.3. The number of nitrogens with zero attached hydrogens (tertiary/aromatic N) is 1. The zero-order valence-electron chi connectivity index (χ0n) is 21.5. The van der Waals surface area contributed by atoms with E-state index in [0.717, 1.165) is 0 Å². The third kappa shape index (κ3) is 14.1. The molecule has 0 rings (SSSR count). The number of nitrogens with two attached hydrogens (primary N) is 4. The lowest BCUT2D eigenvalue weighted by atomic mass is 10.0. The standard InChI is InChI=1S/C22H42N8O6/c1-11(2)8-14(28-18(32)13(23)6-5-7-27-22(25)26)19(33)29-15(10-17(24)31)20(34)30-16(21(35)36)9-12(3)4/h11-16H,5-10,23H2,1-4H3,(H2,24,31)(H,28,32)(H,29,33)(H,30,34)(H,35,36)(H4,25,26,27). The van der Waals surface area contributed by atoms with E-state index >= 15 is 0 Å². The van der Waals surface area contributed by atoms with Crippen molar-refractivity contribution < 1.29 is 29.1 Å². The summed E-state index contributed by atoms with van der Waals surface area (Å²) in [5.41, 5.74) is 21.7. The van der Waals surface area contributed by atoms with Gasteiger partial charge in [0.15, 0.2) is 5.96 Å². The minimum atomic E-state index is -1.43. The molecule has 206 valence electrons. The van der Waals surface area contributed by atoms with Crippen LogP contribution < -0.4 is 38.9 Å². The zero-order chi connectivity index (χ0) is 28.0. The summed E-state index contributed by atoms with van der Waals surface area (Å²) in [4.78, 5) is 65.2. The first-order valence-corrected chi connectivity index (χ1v) is 11.9. The van der Waals surface area contributed by atoms with Gasteiger partial charge in [-0.2, -0.15) is 0 Å². The van der Waals surface area contributed by atoms with Crippen LogP contribution in [0.3, 0.4) is 0 Å². The fourth-order valence-electron chi connectivity index (χ4n) is 3.28. The highest BCUT2D eigenvalue weighted by Crippen LogP contribution is 2.09. The van der Waals surface area contributed by atoms with E-state index in [2.05, 4.69) is 20.9 Å².